The number of nitrogens with one attached hydrogen (secondary N) is 1. The highest BCUT2D eigenvalue weighted by atomic mass is 32.1. The second kappa shape index (κ2) is 7.01. The van der Waals surface area contributed by atoms with Crippen LogP contribution < -0.4 is 10.1 Å². The number of thiophene rings is 1. The fraction of sp³-hybridized carbons (Fsp3) is 0.100. The van der Waals surface area contributed by atoms with Crippen molar-refractivity contribution in [2.75, 3.05) is 12.4 Å². The lowest BCUT2D eigenvalue weighted by Crippen LogP contribution is -2.13. The molecule has 130 valence electrons. The van der Waals surface area contributed by atoms with E-state index in [2.05, 4.69) is 10.3 Å². The van der Waals surface area contributed by atoms with E-state index in [1.54, 1.807) is 24.5 Å². The van der Waals surface area contributed by atoms with Gasteiger partial charge in [-0.2, -0.15) is 0 Å². The molecule has 2 heterocycles. The molecule has 0 fully saturated rings. The topological polar surface area (TPSA) is 64.4 Å². The Morgan fingerprint density at radius 3 is 2.77 bits per heavy atom. The second-order valence-corrected chi connectivity index (χ2v) is 6.77. The number of oxazole rings is 1. The lowest BCUT2D eigenvalue weighted by molar-refractivity contribution is -0.115. The predicted molar refractivity (Wildman–Crippen MR) is 103 cm³/mol. The Bertz CT molecular complexity index is 1040. The van der Waals surface area contributed by atoms with Crippen LogP contribution in [0.2, 0.25) is 0 Å². The van der Waals surface area contributed by atoms with Crippen LogP contribution in [0.3, 0.4) is 0 Å². The maximum absolute atomic E-state index is 12.1. The van der Waals surface area contributed by atoms with E-state index in [1.807, 2.05) is 53.9 Å². The molecule has 0 saturated heterocycles. The molecule has 0 bridgehead atoms. The van der Waals surface area contributed by atoms with Crippen molar-refractivity contribution < 1.29 is 13.9 Å². The molecule has 6 heteroatoms. The maximum Gasteiger partial charge on any atom is 0.229 e. The summed E-state index contributed by atoms with van der Waals surface area (Å²) in [7, 11) is 1.63. The number of fused-ring (bicyclic) bond motifs is 1. The third kappa shape index (κ3) is 3.45. The van der Waals surface area contributed by atoms with Gasteiger partial charge >= 0.3 is 0 Å². The van der Waals surface area contributed by atoms with Crippen LogP contribution in [0.5, 0.6) is 5.75 Å². The van der Waals surface area contributed by atoms with Gasteiger partial charge in [0.15, 0.2) is 5.58 Å². The van der Waals surface area contributed by atoms with Crippen molar-refractivity contribution in [3.8, 4) is 17.2 Å². The lowest BCUT2D eigenvalue weighted by atomic mass is 10.2. The van der Waals surface area contributed by atoms with Gasteiger partial charge in [-0.05, 0) is 47.8 Å². The standard InChI is InChI=1S/C20H16N2O3S/c1-24-15-7-4-13(5-8-15)20-22-17-9-6-14(11-18(17)25-20)21-19(23)12-16-3-2-10-26-16/h2-11H,12H2,1H3,(H,21,23). The molecule has 0 spiro atoms. The normalized spacial score (nSPS) is 10.8. The number of carbonyl (C=O) groups is 1. The maximum atomic E-state index is 12.1. The Morgan fingerprint density at radius 1 is 1.19 bits per heavy atom. The van der Waals surface area contributed by atoms with Crippen molar-refractivity contribution in [3.05, 3.63) is 64.9 Å². The van der Waals surface area contributed by atoms with Gasteiger partial charge in [-0.1, -0.05) is 6.07 Å². The summed E-state index contributed by atoms with van der Waals surface area (Å²) in [4.78, 5) is 17.7. The van der Waals surface area contributed by atoms with Crippen LogP contribution in [0.1, 0.15) is 4.88 Å². The van der Waals surface area contributed by atoms with Gasteiger partial charge in [0.2, 0.25) is 11.8 Å². The fourth-order valence-corrected chi connectivity index (χ4v) is 3.34. The summed E-state index contributed by atoms with van der Waals surface area (Å²) < 4.78 is 11.0. The summed E-state index contributed by atoms with van der Waals surface area (Å²) in [5, 5.41) is 4.86. The minimum Gasteiger partial charge on any atom is -0.497 e. The Labute approximate surface area is 154 Å². The molecule has 1 N–H and O–H groups in total. The molecular formula is C20H16N2O3S. The third-order valence-corrected chi connectivity index (χ3v) is 4.80. The van der Waals surface area contributed by atoms with E-state index in [0.29, 0.717) is 23.6 Å². The van der Waals surface area contributed by atoms with Crippen molar-refractivity contribution in [2.45, 2.75) is 6.42 Å². The average molecular weight is 364 g/mol. The molecule has 0 aliphatic carbocycles. The van der Waals surface area contributed by atoms with Crippen molar-refractivity contribution >= 4 is 34.0 Å². The molecule has 0 unspecified atom stereocenters. The molecule has 4 aromatic rings. The van der Waals surface area contributed by atoms with Gasteiger partial charge in [-0.25, -0.2) is 4.98 Å². The van der Waals surface area contributed by atoms with E-state index in [-0.39, 0.29) is 5.91 Å². The Balaban J connectivity index is 1.54. The quantitative estimate of drug-likeness (QED) is 0.555. The van der Waals surface area contributed by atoms with Gasteiger partial charge in [0.25, 0.3) is 0 Å². The summed E-state index contributed by atoms with van der Waals surface area (Å²) in [6.07, 6.45) is 0.364. The molecule has 0 atom stereocenters. The third-order valence-electron chi connectivity index (χ3n) is 3.92. The first-order valence-corrected chi connectivity index (χ1v) is 8.96. The molecule has 2 aromatic heterocycles. The van der Waals surface area contributed by atoms with Gasteiger partial charge in [0, 0.05) is 22.2 Å². The summed E-state index contributed by atoms with van der Waals surface area (Å²) in [5.41, 5.74) is 2.93. The zero-order valence-electron chi connectivity index (χ0n) is 14.1. The van der Waals surface area contributed by atoms with Crippen LogP contribution in [0, 0.1) is 0 Å². The van der Waals surface area contributed by atoms with Crippen molar-refractivity contribution in [1.29, 1.82) is 0 Å². The Kier molecular flexibility index (Phi) is 4.41. The van der Waals surface area contributed by atoms with Gasteiger partial charge < -0.3 is 14.5 Å². The van der Waals surface area contributed by atoms with Crippen LogP contribution in [-0.2, 0) is 11.2 Å². The summed E-state index contributed by atoms with van der Waals surface area (Å²) in [6.45, 7) is 0. The summed E-state index contributed by atoms with van der Waals surface area (Å²) in [6, 6.07) is 16.9. The Morgan fingerprint density at radius 2 is 2.04 bits per heavy atom. The zero-order chi connectivity index (χ0) is 17.9. The number of hydrogen-bond donors (Lipinski definition) is 1. The molecule has 5 nitrogen and oxygen atoms in total. The average Bonchev–Trinajstić information content (AvgIpc) is 3.31. The summed E-state index contributed by atoms with van der Waals surface area (Å²) in [5.74, 6) is 1.26. The highest BCUT2D eigenvalue weighted by Crippen LogP contribution is 2.27. The highest BCUT2D eigenvalue weighted by Gasteiger charge is 2.11. The SMILES string of the molecule is COc1ccc(-c2nc3ccc(NC(=O)Cc4cccs4)cc3o2)cc1. The van der Waals surface area contributed by atoms with E-state index in [9.17, 15) is 4.79 Å². The number of benzene rings is 2. The van der Waals surface area contributed by atoms with Crippen LogP contribution in [0.4, 0.5) is 5.69 Å². The van der Waals surface area contributed by atoms with Gasteiger partial charge in [0.1, 0.15) is 11.3 Å². The largest absolute Gasteiger partial charge is 0.497 e. The first-order chi connectivity index (χ1) is 12.7. The number of anilines is 1. The Hall–Kier alpha value is -3.12. The second-order valence-electron chi connectivity index (χ2n) is 5.73. The zero-order valence-corrected chi connectivity index (χ0v) is 14.9. The minimum atomic E-state index is -0.0540. The van der Waals surface area contributed by atoms with Crippen molar-refractivity contribution in [1.82, 2.24) is 4.98 Å². The molecule has 26 heavy (non-hydrogen) atoms. The molecule has 0 saturated carbocycles. The predicted octanol–water partition coefficient (Wildman–Crippen LogP) is 4.75. The first-order valence-electron chi connectivity index (χ1n) is 8.08. The van der Waals surface area contributed by atoms with Crippen LogP contribution in [-0.4, -0.2) is 18.0 Å². The number of nitrogens with zero attached hydrogens (tertiary/aromatic N) is 1. The fourth-order valence-electron chi connectivity index (χ4n) is 2.64. The number of aromatic nitrogens is 1. The van der Waals surface area contributed by atoms with E-state index in [1.165, 1.54) is 0 Å². The van der Waals surface area contributed by atoms with E-state index in [0.717, 1.165) is 21.7 Å². The first kappa shape index (κ1) is 16.4. The monoisotopic (exact) mass is 364 g/mol. The highest BCUT2D eigenvalue weighted by molar-refractivity contribution is 7.10. The number of rotatable bonds is 5. The molecule has 1 amide bonds. The summed E-state index contributed by atoms with van der Waals surface area (Å²) >= 11 is 1.57. The van der Waals surface area contributed by atoms with E-state index in [4.69, 9.17) is 9.15 Å². The van der Waals surface area contributed by atoms with Crippen LogP contribution in [0.15, 0.2) is 64.4 Å². The van der Waals surface area contributed by atoms with Crippen LogP contribution in [0.25, 0.3) is 22.6 Å². The molecular weight excluding hydrogens is 348 g/mol. The molecule has 0 aliphatic rings. The van der Waals surface area contributed by atoms with Crippen LogP contribution >= 0.6 is 11.3 Å². The number of amides is 1. The minimum absolute atomic E-state index is 0.0540. The molecule has 4 rings (SSSR count). The van der Waals surface area contributed by atoms with Crippen molar-refractivity contribution in [3.63, 3.8) is 0 Å². The van der Waals surface area contributed by atoms with E-state index < -0.39 is 0 Å². The molecule has 2 aromatic carbocycles. The van der Waals surface area contributed by atoms with E-state index >= 15 is 0 Å². The number of ether oxygens (including phenoxy) is 1. The number of hydrogen-bond acceptors (Lipinski definition) is 5. The van der Waals surface area contributed by atoms with Crippen molar-refractivity contribution in [2.24, 2.45) is 0 Å². The number of methoxy groups -OCH3 is 1. The number of carbonyl (C=O) groups excluding carboxylic acids is 1. The lowest BCUT2D eigenvalue weighted by Gasteiger charge is -2.03. The van der Waals surface area contributed by atoms with Gasteiger partial charge in [0.05, 0.1) is 13.5 Å². The van der Waals surface area contributed by atoms with Gasteiger partial charge in [-0.15, -0.1) is 11.3 Å². The smallest absolute Gasteiger partial charge is 0.229 e. The molecule has 0 aliphatic heterocycles. The van der Waals surface area contributed by atoms with Gasteiger partial charge in [-0.3, -0.25) is 4.79 Å². The molecule has 0 radical (unpaired) electrons.